The van der Waals surface area contributed by atoms with E-state index in [2.05, 4.69) is 0 Å². The molecule has 1 aliphatic carbocycles. The summed E-state index contributed by atoms with van der Waals surface area (Å²) in [6.07, 6.45) is 7.07. The molecule has 5 nitrogen and oxygen atoms in total. The lowest BCUT2D eigenvalue weighted by Crippen LogP contribution is -2.24. The van der Waals surface area contributed by atoms with Gasteiger partial charge in [-0.2, -0.15) is 0 Å². The van der Waals surface area contributed by atoms with Gasteiger partial charge in [0.05, 0.1) is 11.1 Å². The van der Waals surface area contributed by atoms with Crippen LogP contribution in [0.3, 0.4) is 0 Å². The summed E-state index contributed by atoms with van der Waals surface area (Å²) in [5.74, 6) is -1.44. The molecule has 4 rings (SSSR count). The Hall–Kier alpha value is -2.27. The summed E-state index contributed by atoms with van der Waals surface area (Å²) in [6.45, 7) is 1.80. The molecule has 1 aromatic carbocycles. The number of aromatic hydroxyl groups is 2. The molecule has 0 aromatic heterocycles. The highest BCUT2D eigenvalue weighted by atomic mass is 35.5. The molecular weight excluding hydrogens is 344 g/mol. The summed E-state index contributed by atoms with van der Waals surface area (Å²) in [4.78, 5) is 24.7. The normalized spacial score (nSPS) is 25.1. The number of hydrogen-bond donors (Lipinski definition) is 2. The van der Waals surface area contributed by atoms with Crippen LogP contribution in [0.15, 0.2) is 29.9 Å². The maximum atomic E-state index is 12.5. The molecule has 6 heteroatoms. The van der Waals surface area contributed by atoms with Crippen molar-refractivity contribution in [3.8, 4) is 11.5 Å². The highest BCUT2D eigenvalue weighted by molar-refractivity contribution is 6.33. The van der Waals surface area contributed by atoms with Crippen molar-refractivity contribution in [3.05, 3.63) is 46.0 Å². The molecule has 2 bridgehead atoms. The van der Waals surface area contributed by atoms with E-state index < -0.39 is 11.7 Å². The molecule has 0 amide bonds. The highest BCUT2D eigenvalue weighted by Gasteiger charge is 2.29. The number of carbonyl (C=O) groups is 2. The lowest BCUT2D eigenvalue weighted by atomic mass is 9.77. The summed E-state index contributed by atoms with van der Waals surface area (Å²) in [7, 11) is 0. The number of fused-ring (bicyclic) bond motifs is 6. The van der Waals surface area contributed by atoms with E-state index in [9.17, 15) is 19.8 Å². The lowest BCUT2D eigenvalue weighted by molar-refractivity contribution is -0.114. The quantitative estimate of drug-likeness (QED) is 0.687. The standard InChI is InChI=1S/C19H19ClO5/c1-10-5-12-6-11(7-12)3-2-4-13(21)8-14-17(19(24)25-10)15(22)9-16(23)18(14)20/h2-4,9-10,12,22-23H,5-8H2,1H3/b4-2+,11-3?. The maximum absolute atomic E-state index is 12.5. The van der Waals surface area contributed by atoms with Gasteiger partial charge in [-0.1, -0.05) is 29.3 Å². The Labute approximate surface area is 150 Å². The third-order valence-corrected chi connectivity index (χ3v) is 4.99. The fourth-order valence-corrected chi connectivity index (χ4v) is 3.56. The first-order valence-electron chi connectivity index (χ1n) is 8.18. The number of esters is 1. The van der Waals surface area contributed by atoms with Gasteiger partial charge >= 0.3 is 5.97 Å². The average Bonchev–Trinajstić information content (AvgIpc) is 2.48. The molecule has 0 spiro atoms. The van der Waals surface area contributed by atoms with Gasteiger partial charge in [0.1, 0.15) is 17.1 Å². The van der Waals surface area contributed by atoms with E-state index in [1.807, 2.05) is 6.08 Å². The van der Waals surface area contributed by atoms with Crippen LogP contribution in [-0.4, -0.2) is 28.1 Å². The molecule has 1 saturated carbocycles. The molecule has 132 valence electrons. The third-order valence-electron chi connectivity index (χ3n) is 4.57. The summed E-state index contributed by atoms with van der Waals surface area (Å²) < 4.78 is 5.44. The minimum Gasteiger partial charge on any atom is -0.507 e. The number of halogens is 1. The second kappa shape index (κ2) is 6.92. The minimum atomic E-state index is -0.745. The maximum Gasteiger partial charge on any atom is 0.342 e. The first-order valence-corrected chi connectivity index (χ1v) is 8.56. The number of allylic oxidation sites excluding steroid dienone is 4. The molecule has 0 radical (unpaired) electrons. The van der Waals surface area contributed by atoms with Crippen molar-refractivity contribution < 1.29 is 24.5 Å². The Morgan fingerprint density at radius 1 is 1.20 bits per heavy atom. The number of carbonyl (C=O) groups excluding carboxylic acids is 2. The van der Waals surface area contributed by atoms with Gasteiger partial charge < -0.3 is 14.9 Å². The Bertz CT molecular complexity index is 785. The van der Waals surface area contributed by atoms with Crippen LogP contribution < -0.4 is 0 Å². The molecule has 2 aliphatic heterocycles. The van der Waals surface area contributed by atoms with Crippen LogP contribution in [0.1, 0.15) is 42.1 Å². The largest absolute Gasteiger partial charge is 0.507 e. The third kappa shape index (κ3) is 3.71. The van der Waals surface area contributed by atoms with Crippen LogP contribution in [0.25, 0.3) is 0 Å². The van der Waals surface area contributed by atoms with Gasteiger partial charge in [-0.15, -0.1) is 0 Å². The molecule has 2 heterocycles. The first kappa shape index (κ1) is 17.5. The smallest absolute Gasteiger partial charge is 0.342 e. The average molecular weight is 363 g/mol. The van der Waals surface area contributed by atoms with Crippen molar-refractivity contribution in [1.82, 2.24) is 0 Å². The van der Waals surface area contributed by atoms with Crippen molar-refractivity contribution in [3.63, 3.8) is 0 Å². The number of rotatable bonds is 0. The number of phenols is 2. The summed E-state index contributed by atoms with van der Waals surface area (Å²) in [6, 6.07) is 0.984. The molecule has 2 N–H and O–H groups in total. The van der Waals surface area contributed by atoms with Gasteiger partial charge in [0, 0.05) is 18.1 Å². The Balaban J connectivity index is 2.03. The van der Waals surface area contributed by atoms with E-state index in [-0.39, 0.29) is 40.2 Å². The van der Waals surface area contributed by atoms with E-state index in [0.717, 1.165) is 25.3 Å². The van der Waals surface area contributed by atoms with E-state index >= 15 is 0 Å². The van der Waals surface area contributed by atoms with Crippen LogP contribution in [0.5, 0.6) is 11.5 Å². The lowest BCUT2D eigenvalue weighted by Gasteiger charge is -2.31. The van der Waals surface area contributed by atoms with Gasteiger partial charge in [-0.05, 0) is 38.2 Å². The zero-order chi connectivity index (χ0) is 18.1. The molecule has 1 unspecified atom stereocenters. The van der Waals surface area contributed by atoms with E-state index in [4.69, 9.17) is 16.3 Å². The van der Waals surface area contributed by atoms with Crippen molar-refractivity contribution in [1.29, 1.82) is 0 Å². The predicted octanol–water partition coefficient (Wildman–Crippen LogP) is 3.70. The predicted molar refractivity (Wildman–Crippen MR) is 92.9 cm³/mol. The molecule has 1 aromatic rings. The summed E-state index contributed by atoms with van der Waals surface area (Å²) in [5, 5.41) is 19.8. The number of hydrogen-bond acceptors (Lipinski definition) is 5. The molecule has 1 fully saturated rings. The fourth-order valence-electron chi connectivity index (χ4n) is 3.35. The van der Waals surface area contributed by atoms with Gasteiger partial charge in [-0.3, -0.25) is 4.79 Å². The van der Waals surface area contributed by atoms with Gasteiger partial charge in [0.2, 0.25) is 0 Å². The Morgan fingerprint density at radius 3 is 2.64 bits per heavy atom. The first-order chi connectivity index (χ1) is 11.8. The van der Waals surface area contributed by atoms with Crippen LogP contribution in [0.2, 0.25) is 5.02 Å². The van der Waals surface area contributed by atoms with Crippen LogP contribution in [-0.2, 0) is 16.0 Å². The summed E-state index contributed by atoms with van der Waals surface area (Å²) >= 11 is 6.07. The fraction of sp³-hybridized carbons (Fsp3) is 0.368. The van der Waals surface area contributed by atoms with Gasteiger partial charge in [-0.25, -0.2) is 4.79 Å². The Morgan fingerprint density at radius 2 is 1.92 bits per heavy atom. The topological polar surface area (TPSA) is 83.8 Å². The zero-order valence-electron chi connectivity index (χ0n) is 13.8. The van der Waals surface area contributed by atoms with E-state index in [1.165, 1.54) is 11.6 Å². The second-order valence-corrected chi connectivity index (χ2v) is 7.01. The van der Waals surface area contributed by atoms with Crippen LogP contribution >= 0.6 is 11.6 Å². The van der Waals surface area contributed by atoms with E-state index in [0.29, 0.717) is 5.92 Å². The number of ketones is 1. The van der Waals surface area contributed by atoms with Crippen molar-refractivity contribution in [2.24, 2.45) is 5.92 Å². The monoisotopic (exact) mass is 362 g/mol. The minimum absolute atomic E-state index is 0.0703. The molecule has 25 heavy (non-hydrogen) atoms. The van der Waals surface area contributed by atoms with Crippen molar-refractivity contribution in [2.75, 3.05) is 0 Å². The molecule has 0 saturated heterocycles. The molecular formula is C19H19ClO5. The van der Waals surface area contributed by atoms with Crippen molar-refractivity contribution in [2.45, 2.75) is 38.7 Å². The van der Waals surface area contributed by atoms with Gasteiger partial charge in [0.15, 0.2) is 5.78 Å². The van der Waals surface area contributed by atoms with Crippen LogP contribution in [0.4, 0.5) is 0 Å². The van der Waals surface area contributed by atoms with Gasteiger partial charge in [0.25, 0.3) is 0 Å². The molecule has 3 aliphatic rings. The number of phenolic OH excluding ortho intramolecular Hbond substituents is 2. The second-order valence-electron chi connectivity index (χ2n) is 6.64. The van der Waals surface area contributed by atoms with Crippen LogP contribution in [0, 0.1) is 5.92 Å². The zero-order valence-corrected chi connectivity index (χ0v) is 14.5. The highest BCUT2D eigenvalue weighted by Crippen LogP contribution is 2.39. The Kier molecular flexibility index (Phi) is 4.86. The SMILES string of the molecule is CC1CC2CC(=C/C=C/C(=O)Cc3c(Cl)c(O)cc(O)c3C(=O)O1)C2. The molecule has 1 atom stereocenters. The number of ether oxygens (including phenoxy) is 1. The summed E-state index contributed by atoms with van der Waals surface area (Å²) in [5.41, 5.74) is 1.16. The van der Waals surface area contributed by atoms with E-state index in [1.54, 1.807) is 13.0 Å². The number of benzene rings is 1. The van der Waals surface area contributed by atoms with Crippen molar-refractivity contribution >= 4 is 23.4 Å².